The van der Waals surface area contributed by atoms with Crippen molar-refractivity contribution in [3.8, 4) is 22.4 Å². The molecule has 12 heteroatoms. The molecule has 0 radical (unpaired) electrons. The zero-order valence-electron chi connectivity index (χ0n) is 18.5. The lowest BCUT2D eigenvalue weighted by Crippen LogP contribution is -2.60. The lowest BCUT2D eigenvalue weighted by molar-refractivity contribution is -0.278. The summed E-state index contributed by atoms with van der Waals surface area (Å²) in [5.74, 6) is -1.84. The third kappa shape index (κ3) is 5.35. The van der Waals surface area contributed by atoms with Crippen LogP contribution in [0.5, 0.6) is 5.75 Å². The van der Waals surface area contributed by atoms with E-state index in [2.05, 4.69) is 11.1 Å². The van der Waals surface area contributed by atoms with E-state index >= 15 is 0 Å². The van der Waals surface area contributed by atoms with Crippen LogP contribution in [-0.2, 0) is 14.3 Å². The van der Waals surface area contributed by atoms with Gasteiger partial charge in [-0.2, -0.15) is 5.26 Å². The fourth-order valence-corrected chi connectivity index (χ4v) is 4.10. The van der Waals surface area contributed by atoms with E-state index in [0.29, 0.717) is 34.2 Å². The van der Waals surface area contributed by atoms with E-state index < -0.39 is 42.6 Å². The van der Waals surface area contributed by atoms with Crippen molar-refractivity contribution < 1.29 is 44.2 Å². The number of hydrogen-bond donors (Lipinski definition) is 4. The van der Waals surface area contributed by atoms with Gasteiger partial charge >= 0.3 is 11.9 Å². The Morgan fingerprint density at radius 1 is 1.24 bits per heavy atom. The number of aromatic nitrogens is 1. The molecule has 182 valence electrons. The first-order chi connectivity index (χ1) is 16.0. The van der Waals surface area contributed by atoms with Crippen molar-refractivity contribution in [2.45, 2.75) is 51.5 Å². The predicted molar refractivity (Wildman–Crippen MR) is 117 cm³/mol. The summed E-state index contributed by atoms with van der Waals surface area (Å²) in [4.78, 5) is 28.3. The molecule has 0 aliphatic carbocycles. The minimum atomic E-state index is -1.90. The van der Waals surface area contributed by atoms with Gasteiger partial charge in [0.15, 0.2) is 6.10 Å². The lowest BCUT2D eigenvalue weighted by atomic mass is 9.99. The van der Waals surface area contributed by atoms with Gasteiger partial charge in [0.25, 0.3) is 0 Å². The summed E-state index contributed by atoms with van der Waals surface area (Å²) in [6.07, 6.45) is -9.37. The molecule has 2 heterocycles. The number of carboxylic acid groups (broad SMARTS) is 1. The summed E-state index contributed by atoms with van der Waals surface area (Å²) in [5, 5.41) is 48.7. The Morgan fingerprint density at radius 2 is 1.94 bits per heavy atom. The average Bonchev–Trinajstić information content (AvgIpc) is 3.19. The van der Waals surface area contributed by atoms with Crippen LogP contribution in [0, 0.1) is 24.2 Å². The molecule has 1 fully saturated rings. The lowest BCUT2D eigenvalue weighted by Gasteiger charge is -2.37. The highest BCUT2D eigenvalue weighted by Gasteiger charge is 2.48. The highest BCUT2D eigenvalue weighted by Crippen LogP contribution is 2.32. The van der Waals surface area contributed by atoms with E-state index in [0.717, 1.165) is 11.3 Å². The summed E-state index contributed by atoms with van der Waals surface area (Å²) < 4.78 is 15.7. The molecule has 2 aromatic rings. The zero-order chi connectivity index (χ0) is 25.2. The Kier molecular flexibility index (Phi) is 7.86. The maximum absolute atomic E-state index is 12.7. The molecule has 4 N–H and O–H groups in total. The minimum absolute atomic E-state index is 0.0527. The number of aryl methyl sites for hydroxylation is 1. The molecule has 0 spiro atoms. The molecule has 34 heavy (non-hydrogen) atoms. The number of ether oxygens (including phenoxy) is 3. The number of carbonyl (C=O) groups excluding carboxylic acids is 1. The van der Waals surface area contributed by atoms with Crippen molar-refractivity contribution in [1.82, 2.24) is 4.98 Å². The van der Waals surface area contributed by atoms with Gasteiger partial charge in [0.05, 0.1) is 17.9 Å². The molecule has 1 saturated heterocycles. The number of carbonyl (C=O) groups is 2. The number of aliphatic hydroxyl groups excluding tert-OH is 3. The van der Waals surface area contributed by atoms with Crippen molar-refractivity contribution >= 4 is 23.3 Å². The minimum Gasteiger partial charge on any atom is -0.492 e. The fourth-order valence-electron chi connectivity index (χ4n) is 3.15. The van der Waals surface area contributed by atoms with Crippen molar-refractivity contribution in [2.75, 3.05) is 6.61 Å². The topological polar surface area (TPSA) is 179 Å². The molecule has 1 aromatic heterocycles. The van der Waals surface area contributed by atoms with Gasteiger partial charge in [-0.1, -0.05) is 13.8 Å². The van der Waals surface area contributed by atoms with E-state index in [1.807, 2.05) is 13.8 Å². The number of rotatable bonds is 7. The van der Waals surface area contributed by atoms with Crippen LogP contribution in [0.1, 0.15) is 34.8 Å². The monoisotopic (exact) mass is 492 g/mol. The van der Waals surface area contributed by atoms with Gasteiger partial charge in [-0.25, -0.2) is 14.6 Å². The Bertz CT molecular complexity index is 1110. The fraction of sp³-hybridized carbons (Fsp3) is 0.455. The normalized spacial score (nSPS) is 24.5. The first-order valence-electron chi connectivity index (χ1n) is 10.3. The van der Waals surface area contributed by atoms with Crippen LogP contribution in [0.15, 0.2) is 18.2 Å². The Labute approximate surface area is 198 Å². The Hall–Kier alpha value is -3.08. The quantitative estimate of drug-likeness (QED) is 0.406. The number of carboxylic acids is 1. The van der Waals surface area contributed by atoms with E-state index in [1.54, 1.807) is 25.1 Å². The highest BCUT2D eigenvalue weighted by molar-refractivity contribution is 7.17. The first kappa shape index (κ1) is 25.5. The molecule has 5 atom stereocenters. The molecule has 0 amide bonds. The number of aliphatic carboxylic acids is 1. The molecule has 0 bridgehead atoms. The first-order valence-corrected chi connectivity index (χ1v) is 11.1. The van der Waals surface area contributed by atoms with Crippen LogP contribution in [0.3, 0.4) is 0 Å². The van der Waals surface area contributed by atoms with Crippen LogP contribution in [0.2, 0.25) is 0 Å². The second-order valence-electron chi connectivity index (χ2n) is 8.10. The van der Waals surface area contributed by atoms with Crippen LogP contribution < -0.4 is 4.74 Å². The van der Waals surface area contributed by atoms with Gasteiger partial charge in [0, 0.05) is 5.56 Å². The van der Waals surface area contributed by atoms with Crippen LogP contribution >= 0.6 is 11.3 Å². The van der Waals surface area contributed by atoms with Crippen LogP contribution in [-0.4, -0.2) is 74.7 Å². The number of benzene rings is 1. The Balaban J connectivity index is 1.80. The highest BCUT2D eigenvalue weighted by atomic mass is 32.1. The molecular weight excluding hydrogens is 468 g/mol. The molecular formula is C22H24N2O9S. The zero-order valence-corrected chi connectivity index (χ0v) is 19.4. The van der Waals surface area contributed by atoms with Crippen LogP contribution in [0.4, 0.5) is 0 Å². The summed E-state index contributed by atoms with van der Waals surface area (Å²) in [6, 6.07) is 7.02. The smallest absolute Gasteiger partial charge is 0.352 e. The second-order valence-corrected chi connectivity index (χ2v) is 9.10. The molecule has 3 rings (SSSR count). The molecule has 0 unspecified atom stereocenters. The molecule has 1 aromatic carbocycles. The molecule has 1 aliphatic heterocycles. The van der Waals surface area contributed by atoms with Gasteiger partial charge in [-0.3, -0.25) is 0 Å². The third-order valence-electron chi connectivity index (χ3n) is 4.94. The number of hydrogen-bond acceptors (Lipinski definition) is 11. The Morgan fingerprint density at radius 3 is 2.56 bits per heavy atom. The number of thiazole rings is 1. The summed E-state index contributed by atoms with van der Waals surface area (Å²) in [6.45, 7) is 5.98. The summed E-state index contributed by atoms with van der Waals surface area (Å²) >= 11 is 0.961. The van der Waals surface area contributed by atoms with Crippen molar-refractivity contribution in [3.63, 3.8) is 0 Å². The number of esters is 1. The third-order valence-corrected chi connectivity index (χ3v) is 6.12. The SMILES string of the molecule is Cc1nc(-c2ccc(OCC(C)C)c(C#N)c2)sc1C(=O)O[C@@H]1O[C@H](C(=O)O)[C@@H](O)[C@H](O)[C@H]1O. The maximum atomic E-state index is 12.7. The predicted octanol–water partition coefficient (Wildman–Crippen LogP) is 1.07. The van der Waals surface area contributed by atoms with E-state index in [-0.39, 0.29) is 10.8 Å². The molecule has 1 aliphatic rings. The van der Waals surface area contributed by atoms with Crippen molar-refractivity contribution in [2.24, 2.45) is 5.92 Å². The van der Waals surface area contributed by atoms with Crippen molar-refractivity contribution in [1.29, 1.82) is 5.26 Å². The van der Waals surface area contributed by atoms with E-state index in [4.69, 9.17) is 19.3 Å². The van der Waals surface area contributed by atoms with E-state index in [1.165, 1.54) is 0 Å². The van der Waals surface area contributed by atoms with E-state index in [9.17, 15) is 30.2 Å². The van der Waals surface area contributed by atoms with Crippen molar-refractivity contribution in [3.05, 3.63) is 34.3 Å². The summed E-state index contributed by atoms with van der Waals surface area (Å²) in [7, 11) is 0. The standard InChI is InChI=1S/C22H24N2O9S/c1-9(2)8-31-13-5-4-11(6-12(13)7-23)19-24-10(3)18(34-19)21(30)33-22-16(27)14(25)15(26)17(32-22)20(28)29/h4-6,9,14-17,22,25-27H,8H2,1-3H3,(H,28,29)/t14-,15-,16+,17-,22-/m0/s1. The van der Waals surface area contributed by atoms with Gasteiger partial charge in [-0.15, -0.1) is 11.3 Å². The number of nitriles is 1. The van der Waals surface area contributed by atoms with Gasteiger partial charge in [-0.05, 0) is 31.0 Å². The largest absolute Gasteiger partial charge is 0.492 e. The molecule has 11 nitrogen and oxygen atoms in total. The maximum Gasteiger partial charge on any atom is 0.352 e. The number of nitrogens with zero attached hydrogens (tertiary/aromatic N) is 2. The average molecular weight is 493 g/mol. The number of aliphatic hydroxyl groups is 3. The van der Waals surface area contributed by atoms with Crippen LogP contribution in [0.25, 0.3) is 10.6 Å². The summed E-state index contributed by atoms with van der Waals surface area (Å²) in [5.41, 5.74) is 1.17. The van der Waals surface area contributed by atoms with Gasteiger partial charge in [0.1, 0.15) is 40.0 Å². The second kappa shape index (κ2) is 10.5. The van der Waals surface area contributed by atoms with Gasteiger partial charge < -0.3 is 34.6 Å². The molecule has 0 saturated carbocycles. The van der Waals surface area contributed by atoms with Gasteiger partial charge in [0.2, 0.25) is 6.29 Å².